The summed E-state index contributed by atoms with van der Waals surface area (Å²) < 4.78 is 5.12. The predicted molar refractivity (Wildman–Crippen MR) is 118 cm³/mol. The van der Waals surface area contributed by atoms with Crippen molar-refractivity contribution in [3.63, 3.8) is 0 Å². The van der Waals surface area contributed by atoms with E-state index in [0.29, 0.717) is 29.2 Å². The molecule has 0 spiro atoms. The molecule has 31 heavy (non-hydrogen) atoms. The molecule has 2 fully saturated rings. The van der Waals surface area contributed by atoms with Crippen molar-refractivity contribution in [2.75, 3.05) is 25.1 Å². The van der Waals surface area contributed by atoms with Crippen LogP contribution < -0.4 is 15.0 Å². The summed E-state index contributed by atoms with van der Waals surface area (Å²) in [6, 6.07) is 12.4. The fraction of sp³-hybridized carbons (Fsp3) is 0.391. The van der Waals surface area contributed by atoms with E-state index in [9.17, 15) is 5.11 Å². The van der Waals surface area contributed by atoms with E-state index >= 15 is 0 Å². The summed E-state index contributed by atoms with van der Waals surface area (Å²) >= 11 is 0. The molecule has 1 atom stereocenters. The monoisotopic (exact) mass is 418 g/mol. The van der Waals surface area contributed by atoms with Crippen LogP contribution in [0.15, 0.2) is 42.6 Å². The zero-order valence-corrected chi connectivity index (χ0v) is 17.5. The van der Waals surface area contributed by atoms with Gasteiger partial charge in [0.05, 0.1) is 19.0 Å². The van der Waals surface area contributed by atoms with Crippen LogP contribution in [0.3, 0.4) is 0 Å². The van der Waals surface area contributed by atoms with Crippen molar-refractivity contribution >= 4 is 5.82 Å². The van der Waals surface area contributed by atoms with Gasteiger partial charge in [-0.3, -0.25) is 0 Å². The standard InChI is InChI=1S/C23H26N6O2/c1-31-23-12-16(13-24-28-23)15-5-6-19(21(30)11-15)20-7-8-22(27-26-20)29-10-9-18(14-29)25-17-3-2-4-17/h5-8,11-13,17-18,25,30H,2-4,9-10,14H2,1H3/t18-/m0/s1. The molecule has 160 valence electrons. The van der Waals surface area contributed by atoms with Crippen LogP contribution in [0.1, 0.15) is 25.7 Å². The minimum Gasteiger partial charge on any atom is -0.507 e. The first kappa shape index (κ1) is 19.7. The van der Waals surface area contributed by atoms with Crippen molar-refractivity contribution < 1.29 is 9.84 Å². The number of phenols is 1. The predicted octanol–water partition coefficient (Wildman–Crippen LogP) is 3.04. The fourth-order valence-electron chi connectivity index (χ4n) is 4.18. The average molecular weight is 419 g/mol. The second kappa shape index (κ2) is 8.47. The zero-order valence-electron chi connectivity index (χ0n) is 17.5. The Kier molecular flexibility index (Phi) is 5.38. The maximum absolute atomic E-state index is 10.6. The minimum atomic E-state index is 0.140. The second-order valence-corrected chi connectivity index (χ2v) is 8.22. The highest BCUT2D eigenvalue weighted by Crippen LogP contribution is 2.33. The minimum absolute atomic E-state index is 0.140. The van der Waals surface area contributed by atoms with E-state index in [1.807, 2.05) is 24.3 Å². The van der Waals surface area contributed by atoms with Crippen LogP contribution in [0, 0.1) is 0 Å². The molecule has 8 heteroatoms. The van der Waals surface area contributed by atoms with E-state index in [1.165, 1.54) is 19.3 Å². The van der Waals surface area contributed by atoms with Crippen LogP contribution in [0.2, 0.25) is 0 Å². The van der Waals surface area contributed by atoms with Gasteiger partial charge in [-0.1, -0.05) is 12.5 Å². The van der Waals surface area contributed by atoms with Gasteiger partial charge in [0.1, 0.15) is 5.75 Å². The fourth-order valence-corrected chi connectivity index (χ4v) is 4.18. The van der Waals surface area contributed by atoms with Gasteiger partial charge in [-0.15, -0.1) is 15.3 Å². The second-order valence-electron chi connectivity index (χ2n) is 8.22. The quantitative estimate of drug-likeness (QED) is 0.631. The Morgan fingerprint density at radius 2 is 1.90 bits per heavy atom. The van der Waals surface area contributed by atoms with E-state index in [0.717, 1.165) is 36.5 Å². The molecule has 1 aliphatic carbocycles. The van der Waals surface area contributed by atoms with Crippen LogP contribution in [0.5, 0.6) is 11.6 Å². The molecule has 2 aliphatic rings. The highest BCUT2D eigenvalue weighted by atomic mass is 16.5. The molecule has 1 saturated heterocycles. The first-order chi connectivity index (χ1) is 15.2. The molecule has 5 rings (SSSR count). The number of ether oxygens (including phenoxy) is 1. The molecule has 1 aromatic carbocycles. The van der Waals surface area contributed by atoms with Gasteiger partial charge in [0.2, 0.25) is 5.88 Å². The summed E-state index contributed by atoms with van der Waals surface area (Å²) in [5, 5.41) is 31.0. The number of hydrogen-bond acceptors (Lipinski definition) is 8. The zero-order chi connectivity index (χ0) is 21.2. The number of nitrogens with one attached hydrogen (secondary N) is 1. The van der Waals surface area contributed by atoms with Gasteiger partial charge >= 0.3 is 0 Å². The molecule has 0 unspecified atom stereocenters. The Labute approximate surface area is 181 Å². The maximum atomic E-state index is 10.6. The Hall–Kier alpha value is -3.26. The lowest BCUT2D eigenvalue weighted by Crippen LogP contribution is -2.43. The lowest BCUT2D eigenvalue weighted by atomic mass is 9.92. The summed E-state index contributed by atoms with van der Waals surface area (Å²) in [7, 11) is 1.55. The number of rotatable bonds is 6. The number of aromatic nitrogens is 4. The van der Waals surface area contributed by atoms with Crippen LogP contribution in [-0.2, 0) is 0 Å². The molecule has 0 bridgehead atoms. The maximum Gasteiger partial charge on any atom is 0.233 e. The van der Waals surface area contributed by atoms with Gasteiger partial charge in [0.15, 0.2) is 5.82 Å². The average Bonchev–Trinajstić information content (AvgIpc) is 3.25. The Bertz CT molecular complexity index is 1050. The third kappa shape index (κ3) is 4.16. The molecule has 1 saturated carbocycles. The highest BCUT2D eigenvalue weighted by Gasteiger charge is 2.27. The third-order valence-corrected chi connectivity index (χ3v) is 6.19. The summed E-state index contributed by atoms with van der Waals surface area (Å²) in [4.78, 5) is 2.28. The lowest BCUT2D eigenvalue weighted by molar-refractivity contribution is 0.311. The summed E-state index contributed by atoms with van der Waals surface area (Å²) in [5.74, 6) is 1.45. The molecule has 2 N–H and O–H groups in total. The van der Waals surface area contributed by atoms with Crippen molar-refractivity contribution in [1.29, 1.82) is 0 Å². The van der Waals surface area contributed by atoms with E-state index in [1.54, 1.807) is 25.4 Å². The Balaban J connectivity index is 1.29. The summed E-state index contributed by atoms with van der Waals surface area (Å²) in [5.41, 5.74) is 2.92. The van der Waals surface area contributed by atoms with Crippen molar-refractivity contribution in [2.45, 2.75) is 37.8 Å². The molecule has 1 aliphatic heterocycles. The van der Waals surface area contributed by atoms with Gasteiger partial charge in [-0.25, -0.2) is 0 Å². The van der Waals surface area contributed by atoms with Crippen LogP contribution in [0.4, 0.5) is 5.82 Å². The number of anilines is 1. The molecular formula is C23H26N6O2. The molecular weight excluding hydrogens is 392 g/mol. The molecule has 3 aromatic rings. The number of aromatic hydroxyl groups is 1. The van der Waals surface area contributed by atoms with Crippen molar-refractivity contribution in [3.8, 4) is 34.0 Å². The Morgan fingerprint density at radius 1 is 1.00 bits per heavy atom. The smallest absolute Gasteiger partial charge is 0.233 e. The molecule has 0 radical (unpaired) electrons. The third-order valence-electron chi connectivity index (χ3n) is 6.19. The SMILES string of the molecule is COc1cc(-c2ccc(-c3ccc(N4CC[C@H](NC5CCC5)C4)nn3)c(O)c2)cnn1. The number of hydrogen-bond donors (Lipinski definition) is 2. The van der Waals surface area contributed by atoms with E-state index in [-0.39, 0.29) is 5.75 Å². The van der Waals surface area contributed by atoms with E-state index in [4.69, 9.17) is 4.74 Å². The summed E-state index contributed by atoms with van der Waals surface area (Å²) in [6.45, 7) is 1.95. The van der Waals surface area contributed by atoms with Gasteiger partial charge in [0.25, 0.3) is 0 Å². The molecule has 8 nitrogen and oxygen atoms in total. The number of phenolic OH excluding ortho intramolecular Hbond substituents is 1. The number of benzene rings is 1. The van der Waals surface area contributed by atoms with Crippen molar-refractivity contribution in [1.82, 2.24) is 25.7 Å². The van der Waals surface area contributed by atoms with Crippen LogP contribution in [-0.4, -0.2) is 57.8 Å². The number of methoxy groups -OCH3 is 1. The first-order valence-electron chi connectivity index (χ1n) is 10.7. The molecule has 2 aromatic heterocycles. The summed E-state index contributed by atoms with van der Waals surface area (Å²) in [6.07, 6.45) is 6.73. The van der Waals surface area contributed by atoms with Gasteiger partial charge in [-0.05, 0) is 49.1 Å². The van der Waals surface area contributed by atoms with E-state index < -0.39 is 0 Å². The van der Waals surface area contributed by atoms with Gasteiger partial charge in [0, 0.05) is 42.4 Å². The van der Waals surface area contributed by atoms with Crippen LogP contribution in [0.25, 0.3) is 22.4 Å². The molecule has 3 heterocycles. The normalized spacial score (nSPS) is 18.7. The van der Waals surface area contributed by atoms with Gasteiger partial charge in [-0.2, -0.15) is 5.10 Å². The van der Waals surface area contributed by atoms with Crippen molar-refractivity contribution in [3.05, 3.63) is 42.6 Å². The molecule has 0 amide bonds. The van der Waals surface area contributed by atoms with Crippen molar-refractivity contribution in [2.24, 2.45) is 0 Å². The largest absolute Gasteiger partial charge is 0.507 e. The lowest BCUT2D eigenvalue weighted by Gasteiger charge is -2.29. The van der Waals surface area contributed by atoms with Crippen LogP contribution >= 0.6 is 0 Å². The highest BCUT2D eigenvalue weighted by molar-refractivity contribution is 5.74. The van der Waals surface area contributed by atoms with E-state index in [2.05, 4.69) is 30.6 Å². The Morgan fingerprint density at radius 3 is 2.61 bits per heavy atom. The number of nitrogens with zero attached hydrogens (tertiary/aromatic N) is 5. The first-order valence-corrected chi connectivity index (χ1v) is 10.7. The van der Waals surface area contributed by atoms with Gasteiger partial charge < -0.3 is 20.1 Å². The topological polar surface area (TPSA) is 96.3 Å².